The predicted octanol–water partition coefficient (Wildman–Crippen LogP) is 3.91. The van der Waals surface area contributed by atoms with Gasteiger partial charge in [0.05, 0.1) is 29.0 Å². The number of H-pyrrole nitrogens is 1. The maximum atomic E-state index is 14.5. The first kappa shape index (κ1) is 22.0. The van der Waals surface area contributed by atoms with Crippen LogP contribution in [0.4, 0.5) is 15.9 Å². The molecule has 34 heavy (non-hydrogen) atoms. The normalized spacial score (nSPS) is 13.6. The molecule has 4 aromatic rings. The van der Waals surface area contributed by atoms with Gasteiger partial charge < -0.3 is 25.7 Å². The molecule has 4 heterocycles. The summed E-state index contributed by atoms with van der Waals surface area (Å²) in [6, 6.07) is 3.12. The second-order valence-electron chi connectivity index (χ2n) is 8.72. The molecule has 1 fully saturated rings. The van der Waals surface area contributed by atoms with Crippen LogP contribution in [0, 0.1) is 18.7 Å². The number of nitrogens with one attached hydrogen (secondary N) is 2. The largest absolute Gasteiger partial charge is 0.421 e. The van der Waals surface area contributed by atoms with Crippen molar-refractivity contribution < 1.29 is 9.13 Å². The molecule has 1 aromatic carbocycles. The number of hydrogen-bond donors (Lipinski definition) is 3. The Hall–Kier alpha value is -3.79. The minimum absolute atomic E-state index is 0.160. The SMILES string of the molecule is CNc1cc(F)cc2c1[nH]c1nc(Oc3cnc(C)nc3)nc(N3CC(=C(CN)C(C)C)C3)c12. The van der Waals surface area contributed by atoms with Gasteiger partial charge >= 0.3 is 6.01 Å². The molecule has 1 saturated heterocycles. The molecule has 0 aliphatic carbocycles. The molecule has 0 spiro atoms. The van der Waals surface area contributed by atoms with E-state index in [1.165, 1.54) is 23.3 Å². The van der Waals surface area contributed by atoms with Crippen molar-refractivity contribution in [2.75, 3.05) is 36.9 Å². The van der Waals surface area contributed by atoms with Crippen LogP contribution < -0.4 is 20.7 Å². The quantitative estimate of drug-likeness (QED) is 0.369. The standard InChI is InChI=1S/C24H27FN8O/c1-12(2)18(7-26)14-10-33(11-14)23-20-17-5-15(25)6-19(27-4)21(17)30-22(20)31-24(32-23)34-16-8-28-13(3)29-9-16/h5-6,8-9,12,27H,7,10-11,26H2,1-4H3,(H,30,31,32). The predicted molar refractivity (Wildman–Crippen MR) is 131 cm³/mol. The van der Waals surface area contributed by atoms with Gasteiger partial charge in [-0.15, -0.1) is 0 Å². The third-order valence-corrected chi connectivity index (χ3v) is 6.15. The van der Waals surface area contributed by atoms with E-state index in [4.69, 9.17) is 15.5 Å². The number of halogens is 1. The lowest BCUT2D eigenvalue weighted by Gasteiger charge is -2.38. The summed E-state index contributed by atoms with van der Waals surface area (Å²) < 4.78 is 20.3. The first-order valence-corrected chi connectivity index (χ1v) is 11.2. The third-order valence-electron chi connectivity index (χ3n) is 6.15. The summed E-state index contributed by atoms with van der Waals surface area (Å²) in [5, 5.41) is 4.50. The Balaban J connectivity index is 1.65. The molecule has 9 nitrogen and oxygen atoms in total. The molecule has 0 amide bonds. The van der Waals surface area contributed by atoms with E-state index in [0.29, 0.717) is 59.7 Å². The molecular formula is C24H27FN8O. The summed E-state index contributed by atoms with van der Waals surface area (Å²) in [5.74, 6) is 1.80. The van der Waals surface area contributed by atoms with E-state index in [-0.39, 0.29) is 11.8 Å². The molecule has 0 radical (unpaired) electrons. The van der Waals surface area contributed by atoms with Crippen molar-refractivity contribution in [3.8, 4) is 11.8 Å². The Morgan fingerprint density at radius 1 is 1.24 bits per heavy atom. The molecule has 10 heteroatoms. The van der Waals surface area contributed by atoms with E-state index in [9.17, 15) is 4.39 Å². The summed E-state index contributed by atoms with van der Waals surface area (Å²) in [4.78, 5) is 23.1. The molecule has 0 bridgehead atoms. The van der Waals surface area contributed by atoms with Gasteiger partial charge in [-0.1, -0.05) is 19.4 Å². The van der Waals surface area contributed by atoms with Crippen LogP contribution in [0.25, 0.3) is 21.9 Å². The number of aryl methyl sites for hydroxylation is 1. The summed E-state index contributed by atoms with van der Waals surface area (Å²) >= 11 is 0. The van der Waals surface area contributed by atoms with Crippen LogP contribution in [0.3, 0.4) is 0 Å². The van der Waals surface area contributed by atoms with Gasteiger partial charge in [-0.2, -0.15) is 9.97 Å². The summed E-state index contributed by atoms with van der Waals surface area (Å²) in [5.41, 5.74) is 10.5. The Kier molecular flexibility index (Phi) is 5.52. The zero-order chi connectivity index (χ0) is 24.0. The highest BCUT2D eigenvalue weighted by molar-refractivity contribution is 6.14. The summed E-state index contributed by atoms with van der Waals surface area (Å²) in [6.07, 6.45) is 3.16. The van der Waals surface area contributed by atoms with Crippen molar-refractivity contribution in [2.24, 2.45) is 11.7 Å². The summed E-state index contributed by atoms with van der Waals surface area (Å²) in [6.45, 7) is 8.03. The first-order chi connectivity index (χ1) is 16.4. The number of nitrogens with zero attached hydrogens (tertiary/aromatic N) is 5. The van der Waals surface area contributed by atoms with Gasteiger partial charge in [0, 0.05) is 32.1 Å². The average molecular weight is 463 g/mol. The third kappa shape index (κ3) is 3.79. The second kappa shape index (κ2) is 8.53. The highest BCUT2D eigenvalue weighted by Crippen LogP contribution is 2.39. The Morgan fingerprint density at radius 2 is 1.97 bits per heavy atom. The van der Waals surface area contributed by atoms with Crippen molar-refractivity contribution in [1.29, 1.82) is 0 Å². The maximum Gasteiger partial charge on any atom is 0.326 e. The van der Waals surface area contributed by atoms with Crippen molar-refractivity contribution >= 4 is 33.4 Å². The highest BCUT2D eigenvalue weighted by atomic mass is 19.1. The lowest BCUT2D eigenvalue weighted by atomic mass is 9.92. The van der Waals surface area contributed by atoms with E-state index < -0.39 is 0 Å². The topological polar surface area (TPSA) is 118 Å². The van der Waals surface area contributed by atoms with Gasteiger partial charge in [0.1, 0.15) is 23.1 Å². The lowest BCUT2D eigenvalue weighted by Crippen LogP contribution is -2.43. The highest BCUT2D eigenvalue weighted by Gasteiger charge is 2.29. The van der Waals surface area contributed by atoms with Crippen LogP contribution in [0.1, 0.15) is 19.7 Å². The smallest absolute Gasteiger partial charge is 0.326 e. The number of aromatic nitrogens is 5. The number of benzene rings is 1. The van der Waals surface area contributed by atoms with Gasteiger partial charge in [0.2, 0.25) is 0 Å². The van der Waals surface area contributed by atoms with E-state index in [1.54, 1.807) is 26.4 Å². The van der Waals surface area contributed by atoms with Gasteiger partial charge in [-0.25, -0.2) is 14.4 Å². The van der Waals surface area contributed by atoms with E-state index in [1.807, 2.05) is 0 Å². The number of ether oxygens (including phenoxy) is 1. The fraction of sp³-hybridized carbons (Fsp3) is 0.333. The van der Waals surface area contributed by atoms with E-state index in [2.05, 4.69) is 44.0 Å². The number of aromatic amines is 1. The lowest BCUT2D eigenvalue weighted by molar-refractivity contribution is 0.438. The number of rotatable bonds is 6. The van der Waals surface area contributed by atoms with Crippen molar-refractivity contribution in [3.63, 3.8) is 0 Å². The van der Waals surface area contributed by atoms with Crippen molar-refractivity contribution in [3.05, 3.63) is 47.3 Å². The summed E-state index contributed by atoms with van der Waals surface area (Å²) in [7, 11) is 1.75. The number of nitrogens with two attached hydrogens (primary N) is 1. The minimum atomic E-state index is -0.338. The fourth-order valence-electron chi connectivity index (χ4n) is 4.39. The van der Waals surface area contributed by atoms with Gasteiger partial charge in [-0.3, -0.25) is 0 Å². The molecule has 0 unspecified atom stereocenters. The monoisotopic (exact) mass is 462 g/mol. The van der Waals surface area contributed by atoms with Gasteiger partial charge in [0.15, 0.2) is 5.75 Å². The van der Waals surface area contributed by atoms with Crippen LogP contribution in [-0.2, 0) is 0 Å². The van der Waals surface area contributed by atoms with Gasteiger partial charge in [-0.05, 0) is 30.5 Å². The number of anilines is 2. The fourth-order valence-corrected chi connectivity index (χ4v) is 4.39. The van der Waals surface area contributed by atoms with E-state index >= 15 is 0 Å². The molecule has 0 atom stereocenters. The molecule has 3 aromatic heterocycles. The van der Waals surface area contributed by atoms with Crippen LogP contribution in [-0.4, -0.2) is 51.6 Å². The zero-order valence-electron chi connectivity index (χ0n) is 19.6. The van der Waals surface area contributed by atoms with Crippen LogP contribution in [0.15, 0.2) is 35.7 Å². The zero-order valence-corrected chi connectivity index (χ0v) is 19.6. The Labute approximate surface area is 196 Å². The van der Waals surface area contributed by atoms with Crippen LogP contribution in [0.5, 0.6) is 11.8 Å². The molecule has 0 saturated carbocycles. The molecule has 176 valence electrons. The minimum Gasteiger partial charge on any atom is -0.421 e. The van der Waals surface area contributed by atoms with Crippen molar-refractivity contribution in [2.45, 2.75) is 20.8 Å². The molecule has 1 aliphatic rings. The van der Waals surface area contributed by atoms with Crippen LogP contribution >= 0.6 is 0 Å². The molecule has 1 aliphatic heterocycles. The Bertz CT molecular complexity index is 1400. The number of hydrogen-bond acceptors (Lipinski definition) is 8. The average Bonchev–Trinajstić information content (AvgIpc) is 3.14. The molecule has 4 N–H and O–H groups in total. The molecule has 5 rings (SSSR count). The van der Waals surface area contributed by atoms with Crippen molar-refractivity contribution in [1.82, 2.24) is 24.9 Å². The maximum absolute atomic E-state index is 14.5. The number of fused-ring (bicyclic) bond motifs is 3. The van der Waals surface area contributed by atoms with Crippen LogP contribution in [0.2, 0.25) is 0 Å². The second-order valence-corrected chi connectivity index (χ2v) is 8.72. The first-order valence-electron chi connectivity index (χ1n) is 11.2. The van der Waals surface area contributed by atoms with E-state index in [0.717, 1.165) is 10.9 Å². The Morgan fingerprint density at radius 3 is 2.62 bits per heavy atom. The molecular weight excluding hydrogens is 435 g/mol. The van der Waals surface area contributed by atoms with Gasteiger partial charge in [0.25, 0.3) is 0 Å².